The number of aryl methyl sites for hydroxylation is 2. The van der Waals surface area contributed by atoms with Gasteiger partial charge >= 0.3 is 0 Å². The number of guanidine groups is 1. The Balaban J connectivity index is 1.63. The van der Waals surface area contributed by atoms with Gasteiger partial charge in [0.2, 0.25) is 0 Å². The first-order valence-electron chi connectivity index (χ1n) is 10.2. The Morgan fingerprint density at radius 1 is 1.34 bits per heavy atom. The number of rotatable bonds is 8. The molecule has 0 amide bonds. The molecule has 1 aliphatic heterocycles. The molecule has 0 radical (unpaired) electrons. The van der Waals surface area contributed by atoms with Crippen molar-refractivity contribution in [3.05, 3.63) is 24.0 Å². The lowest BCUT2D eigenvalue weighted by atomic mass is 10.1. The van der Waals surface area contributed by atoms with Crippen molar-refractivity contribution in [2.45, 2.75) is 38.8 Å². The van der Waals surface area contributed by atoms with Gasteiger partial charge in [0.25, 0.3) is 0 Å². The van der Waals surface area contributed by atoms with Gasteiger partial charge in [0.15, 0.2) is 11.8 Å². The fourth-order valence-electron chi connectivity index (χ4n) is 3.41. The van der Waals surface area contributed by atoms with Crippen LogP contribution in [0.1, 0.15) is 30.9 Å². The molecular weight excluding hydrogens is 386 g/mol. The van der Waals surface area contributed by atoms with Crippen molar-refractivity contribution in [1.29, 1.82) is 0 Å². The van der Waals surface area contributed by atoms with Crippen molar-refractivity contribution in [3.63, 3.8) is 0 Å². The Hall–Kier alpha value is -2.23. The number of nitrogens with zero attached hydrogens (tertiary/aromatic N) is 7. The molecule has 0 aromatic carbocycles. The molecule has 2 aromatic heterocycles. The predicted molar refractivity (Wildman–Crippen MR) is 119 cm³/mol. The monoisotopic (exact) mass is 419 g/mol. The van der Waals surface area contributed by atoms with Crippen molar-refractivity contribution in [2.75, 3.05) is 36.5 Å². The minimum atomic E-state index is 0.344. The van der Waals surface area contributed by atoms with Gasteiger partial charge in [0.05, 0.1) is 11.9 Å². The summed E-state index contributed by atoms with van der Waals surface area (Å²) < 4.78 is 3.84. The molecule has 2 N–H and O–H groups in total. The highest BCUT2D eigenvalue weighted by atomic mass is 32.2. The molecule has 1 fully saturated rings. The summed E-state index contributed by atoms with van der Waals surface area (Å²) in [5.74, 6) is 3.76. The van der Waals surface area contributed by atoms with Crippen LogP contribution in [-0.2, 0) is 20.6 Å². The number of anilines is 1. The van der Waals surface area contributed by atoms with E-state index < -0.39 is 0 Å². The lowest BCUT2D eigenvalue weighted by molar-refractivity contribution is 0.467. The molecule has 0 aliphatic carbocycles. The van der Waals surface area contributed by atoms with Crippen LogP contribution >= 0.6 is 11.8 Å². The zero-order chi connectivity index (χ0) is 20.6. The average Bonchev–Trinajstić information content (AvgIpc) is 3.29. The number of hydrogen-bond acceptors (Lipinski definition) is 6. The number of hydrogen-bond donors (Lipinski definition) is 2. The minimum Gasteiger partial charge on any atom is -0.367 e. The van der Waals surface area contributed by atoms with Crippen LogP contribution < -0.4 is 15.5 Å². The maximum Gasteiger partial charge on any atom is 0.191 e. The van der Waals surface area contributed by atoms with E-state index in [1.165, 1.54) is 5.69 Å². The first-order valence-corrected chi connectivity index (χ1v) is 11.6. The van der Waals surface area contributed by atoms with Crippen LogP contribution in [0, 0.1) is 6.92 Å². The second kappa shape index (κ2) is 10.5. The number of piperidine rings is 1. The fraction of sp³-hybridized carbons (Fsp3) is 0.684. The Morgan fingerprint density at radius 2 is 2.21 bits per heavy atom. The summed E-state index contributed by atoms with van der Waals surface area (Å²) in [5.41, 5.74) is 1.18. The summed E-state index contributed by atoms with van der Waals surface area (Å²) in [5, 5.41) is 19.8. The Morgan fingerprint density at radius 3 is 2.90 bits per heavy atom. The second-order valence-electron chi connectivity index (χ2n) is 7.46. The number of aliphatic imine (C=N–C) groups is 1. The van der Waals surface area contributed by atoms with Crippen LogP contribution in [-0.4, -0.2) is 68.2 Å². The fourth-order valence-corrected chi connectivity index (χ4v) is 3.84. The summed E-state index contributed by atoms with van der Waals surface area (Å²) in [7, 11) is 3.94. The number of thioether (sulfide) groups is 1. The molecular formula is C19H33N9S. The highest BCUT2D eigenvalue weighted by Crippen LogP contribution is 2.19. The Labute approximate surface area is 177 Å². The van der Waals surface area contributed by atoms with Crippen LogP contribution in [0.3, 0.4) is 0 Å². The third-order valence-corrected chi connectivity index (χ3v) is 5.89. The SMILES string of the molecule is CSCCCNC(=NCc1nnc(C)n1C)NC1CCCN(c2cnn(C)c2)C1. The summed E-state index contributed by atoms with van der Waals surface area (Å²) in [6.45, 7) is 5.38. The van der Waals surface area contributed by atoms with E-state index in [-0.39, 0.29) is 0 Å². The molecule has 0 spiro atoms. The van der Waals surface area contributed by atoms with E-state index in [1.54, 1.807) is 0 Å². The van der Waals surface area contributed by atoms with E-state index in [0.717, 1.165) is 62.3 Å². The van der Waals surface area contributed by atoms with Crippen molar-refractivity contribution in [1.82, 2.24) is 35.2 Å². The van der Waals surface area contributed by atoms with Crippen LogP contribution in [0.25, 0.3) is 0 Å². The molecule has 1 atom stereocenters. The Kier molecular flexibility index (Phi) is 7.79. The van der Waals surface area contributed by atoms with Gasteiger partial charge in [0, 0.05) is 46.0 Å². The molecule has 0 saturated carbocycles. The minimum absolute atomic E-state index is 0.344. The highest BCUT2D eigenvalue weighted by molar-refractivity contribution is 7.98. The van der Waals surface area contributed by atoms with E-state index in [2.05, 4.69) is 43.3 Å². The van der Waals surface area contributed by atoms with Crippen molar-refractivity contribution < 1.29 is 0 Å². The average molecular weight is 420 g/mol. The largest absolute Gasteiger partial charge is 0.367 e. The molecule has 1 unspecified atom stereocenters. The molecule has 10 heteroatoms. The van der Waals surface area contributed by atoms with Crippen LogP contribution in [0.5, 0.6) is 0 Å². The smallest absolute Gasteiger partial charge is 0.191 e. The maximum absolute atomic E-state index is 4.79. The Bertz CT molecular complexity index is 797. The van der Waals surface area contributed by atoms with Gasteiger partial charge in [-0.1, -0.05) is 0 Å². The molecule has 3 heterocycles. The van der Waals surface area contributed by atoms with Crippen molar-refractivity contribution >= 4 is 23.4 Å². The van der Waals surface area contributed by atoms with Gasteiger partial charge in [-0.05, 0) is 38.2 Å². The third kappa shape index (κ3) is 6.12. The topological polar surface area (TPSA) is 88.2 Å². The number of nitrogens with one attached hydrogen (secondary N) is 2. The third-order valence-electron chi connectivity index (χ3n) is 5.20. The van der Waals surface area contributed by atoms with Gasteiger partial charge in [-0.25, -0.2) is 4.99 Å². The molecule has 160 valence electrons. The van der Waals surface area contributed by atoms with Crippen molar-refractivity contribution in [3.8, 4) is 0 Å². The predicted octanol–water partition coefficient (Wildman–Crippen LogP) is 1.31. The normalized spacial score (nSPS) is 17.6. The molecule has 2 aromatic rings. The molecule has 1 saturated heterocycles. The lowest BCUT2D eigenvalue weighted by Gasteiger charge is -2.34. The second-order valence-corrected chi connectivity index (χ2v) is 8.45. The van der Waals surface area contributed by atoms with Crippen molar-refractivity contribution in [2.24, 2.45) is 19.1 Å². The van der Waals surface area contributed by atoms with Gasteiger partial charge < -0.3 is 20.1 Å². The van der Waals surface area contributed by atoms with E-state index >= 15 is 0 Å². The highest BCUT2D eigenvalue weighted by Gasteiger charge is 2.22. The van der Waals surface area contributed by atoms with E-state index in [9.17, 15) is 0 Å². The molecule has 29 heavy (non-hydrogen) atoms. The van der Waals surface area contributed by atoms with Gasteiger partial charge in [-0.3, -0.25) is 4.68 Å². The summed E-state index contributed by atoms with van der Waals surface area (Å²) in [6, 6.07) is 0.344. The first-order chi connectivity index (χ1) is 14.1. The van der Waals surface area contributed by atoms with E-state index in [4.69, 9.17) is 4.99 Å². The van der Waals surface area contributed by atoms with Crippen LogP contribution in [0.15, 0.2) is 17.4 Å². The molecule has 9 nitrogen and oxygen atoms in total. The van der Waals surface area contributed by atoms with Crippen LogP contribution in [0.4, 0.5) is 5.69 Å². The zero-order valence-corrected chi connectivity index (χ0v) is 18.7. The number of aromatic nitrogens is 5. The van der Waals surface area contributed by atoms with Gasteiger partial charge in [-0.2, -0.15) is 16.9 Å². The zero-order valence-electron chi connectivity index (χ0n) is 17.9. The lowest BCUT2D eigenvalue weighted by Crippen LogP contribution is -2.51. The summed E-state index contributed by atoms with van der Waals surface area (Å²) in [4.78, 5) is 7.19. The maximum atomic E-state index is 4.79. The van der Waals surface area contributed by atoms with Gasteiger partial charge in [-0.15, -0.1) is 10.2 Å². The van der Waals surface area contributed by atoms with Gasteiger partial charge in [0.1, 0.15) is 12.4 Å². The summed E-state index contributed by atoms with van der Waals surface area (Å²) >= 11 is 1.87. The molecule has 3 rings (SSSR count). The van der Waals surface area contributed by atoms with E-state index in [0.29, 0.717) is 12.6 Å². The first kappa shape index (κ1) is 21.5. The molecule has 0 bridgehead atoms. The quantitative estimate of drug-likeness (QED) is 0.379. The van der Waals surface area contributed by atoms with Crippen LogP contribution in [0.2, 0.25) is 0 Å². The standard InChI is InChI=1S/C19H33N9S/c1-15-24-25-18(27(15)3)12-21-19(20-8-6-10-29-4)23-16-7-5-9-28(13-16)17-11-22-26(2)14-17/h11,14,16H,5-10,12-13H2,1-4H3,(H2,20,21,23). The summed E-state index contributed by atoms with van der Waals surface area (Å²) in [6.07, 6.45) is 9.54. The molecule has 1 aliphatic rings. The van der Waals surface area contributed by atoms with E-state index in [1.807, 2.05) is 48.2 Å².